The summed E-state index contributed by atoms with van der Waals surface area (Å²) in [6, 6.07) is 10.9. The van der Waals surface area contributed by atoms with Gasteiger partial charge in [0.2, 0.25) is 0 Å². The Labute approximate surface area is 124 Å². The molecule has 0 amide bonds. The molecule has 1 aliphatic rings. The third-order valence-electron chi connectivity index (χ3n) is 4.53. The van der Waals surface area contributed by atoms with E-state index in [0.29, 0.717) is 5.54 Å². The molecular formula is C18H30N2. The van der Waals surface area contributed by atoms with Crippen LogP contribution < -0.4 is 5.32 Å². The van der Waals surface area contributed by atoms with Gasteiger partial charge in [-0.05, 0) is 64.2 Å². The second-order valence-corrected chi connectivity index (χ2v) is 6.91. The van der Waals surface area contributed by atoms with Gasteiger partial charge in [0, 0.05) is 12.1 Å². The number of benzene rings is 1. The molecule has 1 aromatic rings. The van der Waals surface area contributed by atoms with E-state index in [4.69, 9.17) is 0 Å². The standard InChI is InChI=1S/C18H30N2/c1-16-14-19-12-7-13-20(15-16)18(2,3)11-10-17-8-5-4-6-9-17/h4-6,8-9,16,19H,7,10-15H2,1-3H3. The van der Waals surface area contributed by atoms with Crippen LogP contribution in [0.4, 0.5) is 0 Å². The number of hydrogen-bond acceptors (Lipinski definition) is 2. The van der Waals surface area contributed by atoms with Crippen LogP contribution in [0.1, 0.15) is 39.2 Å². The van der Waals surface area contributed by atoms with E-state index in [2.05, 4.69) is 61.3 Å². The van der Waals surface area contributed by atoms with Crippen molar-refractivity contribution in [2.24, 2.45) is 5.92 Å². The van der Waals surface area contributed by atoms with Gasteiger partial charge in [-0.1, -0.05) is 37.3 Å². The summed E-state index contributed by atoms with van der Waals surface area (Å²) in [4.78, 5) is 2.71. The maximum absolute atomic E-state index is 3.54. The zero-order chi connectivity index (χ0) is 14.4. The zero-order valence-corrected chi connectivity index (χ0v) is 13.4. The number of hydrogen-bond donors (Lipinski definition) is 1. The van der Waals surface area contributed by atoms with Crippen molar-refractivity contribution in [1.29, 1.82) is 0 Å². The van der Waals surface area contributed by atoms with E-state index >= 15 is 0 Å². The summed E-state index contributed by atoms with van der Waals surface area (Å²) in [6.45, 7) is 11.9. The normalized spacial score (nSPS) is 22.2. The molecule has 2 heteroatoms. The topological polar surface area (TPSA) is 15.3 Å². The molecule has 112 valence electrons. The van der Waals surface area contributed by atoms with Gasteiger partial charge in [-0.3, -0.25) is 4.90 Å². The van der Waals surface area contributed by atoms with Gasteiger partial charge in [0.15, 0.2) is 0 Å². The second kappa shape index (κ2) is 7.24. The van der Waals surface area contributed by atoms with Crippen molar-refractivity contribution in [1.82, 2.24) is 10.2 Å². The fraction of sp³-hybridized carbons (Fsp3) is 0.667. The highest BCUT2D eigenvalue weighted by Crippen LogP contribution is 2.23. The predicted molar refractivity (Wildman–Crippen MR) is 87.1 cm³/mol. The van der Waals surface area contributed by atoms with E-state index in [-0.39, 0.29) is 0 Å². The zero-order valence-electron chi connectivity index (χ0n) is 13.4. The van der Waals surface area contributed by atoms with Crippen molar-refractivity contribution in [3.63, 3.8) is 0 Å². The minimum atomic E-state index is 0.293. The quantitative estimate of drug-likeness (QED) is 0.906. The number of nitrogens with zero attached hydrogens (tertiary/aromatic N) is 1. The molecule has 1 heterocycles. The Balaban J connectivity index is 1.93. The summed E-state index contributed by atoms with van der Waals surface area (Å²) in [5.41, 5.74) is 1.75. The monoisotopic (exact) mass is 274 g/mol. The van der Waals surface area contributed by atoms with Gasteiger partial charge in [-0.2, -0.15) is 0 Å². The van der Waals surface area contributed by atoms with Crippen molar-refractivity contribution >= 4 is 0 Å². The first-order valence-electron chi connectivity index (χ1n) is 8.07. The van der Waals surface area contributed by atoms with E-state index < -0.39 is 0 Å². The van der Waals surface area contributed by atoms with Gasteiger partial charge in [0.05, 0.1) is 0 Å². The van der Waals surface area contributed by atoms with Crippen LogP contribution in [0.2, 0.25) is 0 Å². The SMILES string of the molecule is CC1CNCCCN(C(C)(C)CCc2ccccc2)C1. The van der Waals surface area contributed by atoms with E-state index in [9.17, 15) is 0 Å². The maximum atomic E-state index is 3.54. The smallest absolute Gasteiger partial charge is 0.0156 e. The van der Waals surface area contributed by atoms with Gasteiger partial charge < -0.3 is 5.32 Å². The number of aryl methyl sites for hydroxylation is 1. The molecule has 20 heavy (non-hydrogen) atoms. The van der Waals surface area contributed by atoms with Gasteiger partial charge >= 0.3 is 0 Å². The summed E-state index contributed by atoms with van der Waals surface area (Å²) in [5.74, 6) is 0.742. The second-order valence-electron chi connectivity index (χ2n) is 6.91. The van der Waals surface area contributed by atoms with Crippen molar-refractivity contribution in [3.05, 3.63) is 35.9 Å². The molecular weight excluding hydrogens is 244 g/mol. The van der Waals surface area contributed by atoms with Crippen LogP contribution in [0.5, 0.6) is 0 Å². The molecule has 1 saturated heterocycles. The molecule has 0 spiro atoms. The summed E-state index contributed by atoms with van der Waals surface area (Å²) < 4.78 is 0. The molecule has 2 rings (SSSR count). The average molecular weight is 274 g/mol. The summed E-state index contributed by atoms with van der Waals surface area (Å²) in [7, 11) is 0. The Morgan fingerprint density at radius 2 is 2.00 bits per heavy atom. The third kappa shape index (κ3) is 4.60. The van der Waals surface area contributed by atoms with Crippen LogP contribution in [-0.4, -0.2) is 36.6 Å². The van der Waals surface area contributed by atoms with E-state index in [1.165, 1.54) is 37.9 Å². The Morgan fingerprint density at radius 3 is 2.75 bits per heavy atom. The maximum Gasteiger partial charge on any atom is 0.0156 e. The average Bonchev–Trinajstić information content (AvgIpc) is 2.41. The van der Waals surface area contributed by atoms with Crippen LogP contribution in [0, 0.1) is 5.92 Å². The van der Waals surface area contributed by atoms with Crippen LogP contribution in [0.25, 0.3) is 0 Å². The van der Waals surface area contributed by atoms with Gasteiger partial charge in [-0.25, -0.2) is 0 Å². The largest absolute Gasteiger partial charge is 0.316 e. The van der Waals surface area contributed by atoms with E-state index in [1.807, 2.05) is 0 Å². The molecule has 1 aliphatic heterocycles. The van der Waals surface area contributed by atoms with Gasteiger partial charge in [0.1, 0.15) is 0 Å². The lowest BCUT2D eigenvalue weighted by molar-refractivity contribution is 0.0854. The minimum Gasteiger partial charge on any atom is -0.316 e. The Morgan fingerprint density at radius 1 is 1.25 bits per heavy atom. The van der Waals surface area contributed by atoms with Crippen molar-refractivity contribution in [2.45, 2.75) is 45.6 Å². The van der Waals surface area contributed by atoms with Crippen LogP contribution in [0.15, 0.2) is 30.3 Å². The lowest BCUT2D eigenvalue weighted by Crippen LogP contribution is -2.49. The Kier molecular flexibility index (Phi) is 5.62. The third-order valence-corrected chi connectivity index (χ3v) is 4.53. The molecule has 0 bridgehead atoms. The number of rotatable bonds is 4. The van der Waals surface area contributed by atoms with Crippen molar-refractivity contribution < 1.29 is 0 Å². The lowest BCUT2D eigenvalue weighted by atomic mass is 9.91. The molecule has 2 nitrogen and oxygen atoms in total. The minimum absolute atomic E-state index is 0.293. The highest BCUT2D eigenvalue weighted by atomic mass is 15.2. The molecule has 0 aliphatic carbocycles. The van der Waals surface area contributed by atoms with Crippen LogP contribution in [0.3, 0.4) is 0 Å². The van der Waals surface area contributed by atoms with Gasteiger partial charge in [0.25, 0.3) is 0 Å². The summed E-state index contributed by atoms with van der Waals surface area (Å²) in [6.07, 6.45) is 3.68. The molecule has 0 aromatic heterocycles. The first-order valence-corrected chi connectivity index (χ1v) is 8.07. The van der Waals surface area contributed by atoms with E-state index in [0.717, 1.165) is 19.0 Å². The molecule has 0 radical (unpaired) electrons. The number of nitrogens with one attached hydrogen (secondary N) is 1. The van der Waals surface area contributed by atoms with Crippen LogP contribution in [-0.2, 0) is 6.42 Å². The molecule has 1 N–H and O–H groups in total. The highest BCUT2D eigenvalue weighted by Gasteiger charge is 2.27. The Hall–Kier alpha value is -0.860. The summed E-state index contributed by atoms with van der Waals surface area (Å²) >= 11 is 0. The van der Waals surface area contributed by atoms with Crippen molar-refractivity contribution in [2.75, 3.05) is 26.2 Å². The first-order chi connectivity index (χ1) is 9.58. The fourth-order valence-electron chi connectivity index (χ4n) is 3.08. The van der Waals surface area contributed by atoms with E-state index in [1.54, 1.807) is 0 Å². The van der Waals surface area contributed by atoms with Gasteiger partial charge in [-0.15, -0.1) is 0 Å². The predicted octanol–water partition coefficient (Wildman–Crippen LogP) is 3.33. The fourth-order valence-corrected chi connectivity index (χ4v) is 3.08. The summed E-state index contributed by atoms with van der Waals surface area (Å²) in [5, 5.41) is 3.54. The first kappa shape index (κ1) is 15.5. The van der Waals surface area contributed by atoms with Crippen molar-refractivity contribution in [3.8, 4) is 0 Å². The highest BCUT2D eigenvalue weighted by molar-refractivity contribution is 5.15. The van der Waals surface area contributed by atoms with Crippen LogP contribution >= 0.6 is 0 Å². The molecule has 1 unspecified atom stereocenters. The lowest BCUT2D eigenvalue weighted by Gasteiger charge is -2.41. The Bertz CT molecular complexity index is 386. The molecule has 1 atom stereocenters. The molecule has 1 fully saturated rings. The molecule has 0 saturated carbocycles. The molecule has 1 aromatic carbocycles.